The van der Waals surface area contributed by atoms with Crippen molar-refractivity contribution >= 4 is 23.9 Å². The highest BCUT2D eigenvalue weighted by atomic mass is 16.6. The number of methoxy groups -OCH3 is 2. The van der Waals surface area contributed by atoms with E-state index in [0.717, 1.165) is 0 Å². The van der Waals surface area contributed by atoms with E-state index in [2.05, 4.69) is 5.32 Å². The zero-order valence-electron chi connectivity index (χ0n) is 19.3. The number of aliphatic imine (C=N–C) groups is 1. The molecule has 1 fully saturated rings. The Morgan fingerprint density at radius 3 is 2.30 bits per heavy atom. The molecule has 0 aliphatic carbocycles. The largest absolute Gasteiger partial charge is 0.493 e. The first-order chi connectivity index (χ1) is 15.9. The minimum absolute atomic E-state index is 0.146. The van der Waals surface area contributed by atoms with Crippen LogP contribution in [0.1, 0.15) is 25.5 Å². The molecule has 2 atom stereocenters. The van der Waals surface area contributed by atoms with Crippen molar-refractivity contribution in [3.8, 4) is 11.5 Å². The number of nitrogens with one attached hydrogen (secondary N) is 1. The number of rotatable bonds is 6. The second kappa shape index (κ2) is 10.9. The Kier molecular flexibility index (Phi) is 7.96. The van der Waals surface area contributed by atoms with Crippen molar-refractivity contribution in [1.29, 1.82) is 0 Å². The van der Waals surface area contributed by atoms with Gasteiger partial charge in [0.25, 0.3) is 0 Å². The second-order valence-electron chi connectivity index (χ2n) is 7.40. The van der Waals surface area contributed by atoms with Crippen molar-refractivity contribution in [2.75, 3.05) is 53.6 Å². The minimum atomic E-state index is -1.15. The molecule has 1 N–H and O–H groups in total. The Morgan fingerprint density at radius 1 is 1.03 bits per heavy atom. The minimum Gasteiger partial charge on any atom is -0.493 e. The molecule has 2 aliphatic heterocycles. The smallest absolute Gasteiger partial charge is 0.409 e. The highest BCUT2D eigenvalue weighted by Gasteiger charge is 2.42. The summed E-state index contributed by atoms with van der Waals surface area (Å²) >= 11 is 0. The van der Waals surface area contributed by atoms with E-state index in [1.807, 2.05) is 4.90 Å². The van der Waals surface area contributed by atoms with Gasteiger partial charge in [0.2, 0.25) is 11.9 Å². The number of hydrogen-bond donors (Lipinski definition) is 1. The maximum absolute atomic E-state index is 13.0. The first kappa shape index (κ1) is 24.1. The number of guanidine groups is 1. The average molecular weight is 463 g/mol. The molecule has 1 saturated heterocycles. The number of hydrogen-bond acceptors (Lipinski definition) is 9. The molecule has 180 valence electrons. The van der Waals surface area contributed by atoms with Crippen molar-refractivity contribution in [3.05, 3.63) is 23.8 Å². The first-order valence-electron chi connectivity index (χ1n) is 10.9. The maximum Gasteiger partial charge on any atom is 0.409 e. The normalized spacial score (nSPS) is 20.5. The van der Waals surface area contributed by atoms with Gasteiger partial charge >= 0.3 is 12.1 Å². The molecule has 0 bridgehead atoms. The van der Waals surface area contributed by atoms with Gasteiger partial charge in [-0.3, -0.25) is 14.9 Å². The SMILES string of the molecule is CCOC(=O)[C@H]1C(=O)NC(N2CCN(C(=O)OCC)CC2)=N[C@@H]1c1ccc(OC)c(OC)c1. The molecule has 2 aliphatic rings. The number of amides is 2. The lowest BCUT2D eigenvalue weighted by atomic mass is 9.91. The van der Waals surface area contributed by atoms with Crippen LogP contribution in [0.5, 0.6) is 11.5 Å². The number of carbonyl (C=O) groups is 3. The fraction of sp³-hybridized carbons (Fsp3) is 0.545. The Balaban J connectivity index is 1.90. The fourth-order valence-corrected chi connectivity index (χ4v) is 3.82. The summed E-state index contributed by atoms with van der Waals surface area (Å²) in [6.07, 6.45) is -0.364. The predicted octanol–water partition coefficient (Wildman–Crippen LogP) is 1.18. The van der Waals surface area contributed by atoms with Gasteiger partial charge in [0.15, 0.2) is 17.4 Å². The van der Waals surface area contributed by atoms with Crippen LogP contribution in [0.15, 0.2) is 23.2 Å². The van der Waals surface area contributed by atoms with Gasteiger partial charge in [-0.1, -0.05) is 6.07 Å². The third-order valence-corrected chi connectivity index (χ3v) is 5.49. The first-order valence-corrected chi connectivity index (χ1v) is 10.9. The molecule has 2 amide bonds. The van der Waals surface area contributed by atoms with Gasteiger partial charge in [-0.2, -0.15) is 0 Å². The van der Waals surface area contributed by atoms with E-state index in [1.54, 1.807) is 36.9 Å². The number of carbonyl (C=O) groups excluding carboxylic acids is 3. The van der Waals surface area contributed by atoms with Crippen LogP contribution in [0.25, 0.3) is 0 Å². The van der Waals surface area contributed by atoms with Crippen molar-refractivity contribution in [1.82, 2.24) is 15.1 Å². The molecule has 1 aromatic rings. The van der Waals surface area contributed by atoms with E-state index in [1.165, 1.54) is 14.2 Å². The third kappa shape index (κ3) is 5.29. The van der Waals surface area contributed by atoms with Gasteiger partial charge < -0.3 is 28.7 Å². The summed E-state index contributed by atoms with van der Waals surface area (Å²) in [6, 6.07) is 4.34. The van der Waals surface area contributed by atoms with E-state index >= 15 is 0 Å². The molecule has 0 aromatic heterocycles. The topological polar surface area (TPSA) is 119 Å². The molecular weight excluding hydrogens is 432 g/mol. The van der Waals surface area contributed by atoms with Crippen molar-refractivity contribution < 1.29 is 33.3 Å². The number of benzene rings is 1. The molecule has 0 radical (unpaired) electrons. The van der Waals surface area contributed by atoms with E-state index in [9.17, 15) is 14.4 Å². The van der Waals surface area contributed by atoms with Gasteiger partial charge in [0.1, 0.15) is 6.04 Å². The van der Waals surface area contributed by atoms with Gasteiger partial charge in [0, 0.05) is 26.2 Å². The summed E-state index contributed by atoms with van der Waals surface area (Å²) in [7, 11) is 3.04. The molecule has 0 spiro atoms. The van der Waals surface area contributed by atoms with Crippen LogP contribution in [0, 0.1) is 5.92 Å². The Morgan fingerprint density at radius 2 is 1.70 bits per heavy atom. The monoisotopic (exact) mass is 462 g/mol. The van der Waals surface area contributed by atoms with Gasteiger partial charge in [-0.25, -0.2) is 9.79 Å². The quantitative estimate of drug-likeness (QED) is 0.495. The van der Waals surface area contributed by atoms with Gasteiger partial charge in [0.05, 0.1) is 27.4 Å². The average Bonchev–Trinajstić information content (AvgIpc) is 2.83. The lowest BCUT2D eigenvalue weighted by Gasteiger charge is -2.38. The molecule has 11 nitrogen and oxygen atoms in total. The van der Waals surface area contributed by atoms with Gasteiger partial charge in [-0.05, 0) is 31.5 Å². The summed E-state index contributed by atoms with van der Waals surface area (Å²) in [5.74, 6) is -0.955. The Hall–Kier alpha value is -3.50. The molecule has 3 rings (SSSR count). The predicted molar refractivity (Wildman–Crippen MR) is 118 cm³/mol. The summed E-state index contributed by atoms with van der Waals surface area (Å²) in [5.41, 5.74) is 0.614. The van der Waals surface area contributed by atoms with E-state index in [-0.39, 0.29) is 12.7 Å². The van der Waals surface area contributed by atoms with Crippen LogP contribution < -0.4 is 14.8 Å². The van der Waals surface area contributed by atoms with Crippen LogP contribution in [-0.2, 0) is 19.1 Å². The maximum atomic E-state index is 13.0. The summed E-state index contributed by atoms with van der Waals surface area (Å²) in [5, 5.41) is 2.74. The summed E-state index contributed by atoms with van der Waals surface area (Å²) in [4.78, 5) is 45.9. The lowest BCUT2D eigenvalue weighted by Crippen LogP contribution is -2.58. The van der Waals surface area contributed by atoms with Crippen molar-refractivity contribution in [2.45, 2.75) is 19.9 Å². The number of ether oxygens (including phenoxy) is 4. The van der Waals surface area contributed by atoms with Crippen molar-refractivity contribution in [2.24, 2.45) is 10.9 Å². The fourth-order valence-electron chi connectivity index (χ4n) is 3.82. The zero-order chi connectivity index (χ0) is 24.0. The molecule has 0 saturated carbocycles. The molecular formula is C22H30N4O7. The number of esters is 1. The van der Waals surface area contributed by atoms with Crippen LogP contribution in [-0.4, -0.2) is 87.3 Å². The highest BCUT2D eigenvalue weighted by Crippen LogP contribution is 2.36. The Labute approximate surface area is 192 Å². The van der Waals surface area contributed by atoms with E-state index in [4.69, 9.17) is 23.9 Å². The molecule has 11 heteroatoms. The summed E-state index contributed by atoms with van der Waals surface area (Å²) < 4.78 is 20.9. The van der Waals surface area contributed by atoms with Crippen molar-refractivity contribution in [3.63, 3.8) is 0 Å². The molecule has 0 unspecified atom stereocenters. The Bertz CT molecular complexity index is 912. The number of nitrogens with zero attached hydrogens (tertiary/aromatic N) is 3. The van der Waals surface area contributed by atoms with Crippen LogP contribution in [0.2, 0.25) is 0 Å². The van der Waals surface area contributed by atoms with E-state index < -0.39 is 23.8 Å². The highest BCUT2D eigenvalue weighted by molar-refractivity contribution is 6.08. The molecule has 1 aromatic carbocycles. The van der Waals surface area contributed by atoms with E-state index in [0.29, 0.717) is 55.8 Å². The van der Waals surface area contributed by atoms with Crippen LogP contribution in [0.3, 0.4) is 0 Å². The summed E-state index contributed by atoms with van der Waals surface area (Å²) in [6.45, 7) is 5.67. The van der Waals surface area contributed by atoms with Crippen LogP contribution >= 0.6 is 0 Å². The second-order valence-corrected chi connectivity index (χ2v) is 7.40. The zero-order valence-corrected chi connectivity index (χ0v) is 19.3. The molecule has 33 heavy (non-hydrogen) atoms. The van der Waals surface area contributed by atoms with Crippen LogP contribution in [0.4, 0.5) is 4.79 Å². The third-order valence-electron chi connectivity index (χ3n) is 5.49. The standard InChI is InChI=1S/C22H30N4O7/c1-5-32-20(28)17-18(14-7-8-15(30-3)16(13-14)31-4)23-21(24-19(17)27)25-9-11-26(12-10-25)22(29)33-6-2/h7-8,13,17-18H,5-6,9-12H2,1-4H3,(H,23,24,27)/t17-,18-/m1/s1. The number of piperazine rings is 1. The molecule has 2 heterocycles. The lowest BCUT2D eigenvalue weighted by molar-refractivity contribution is -0.153. The van der Waals surface area contributed by atoms with Gasteiger partial charge in [-0.15, -0.1) is 0 Å².